The molecule has 3 atom stereocenters. The van der Waals surface area contributed by atoms with Gasteiger partial charge >= 0.3 is 5.97 Å². The topological polar surface area (TPSA) is 104 Å². The average Bonchev–Trinajstić information content (AvgIpc) is 2.90. The van der Waals surface area contributed by atoms with Crippen molar-refractivity contribution >= 4 is 51.3 Å². The van der Waals surface area contributed by atoms with E-state index >= 15 is 0 Å². The molecule has 29 heavy (non-hydrogen) atoms. The van der Waals surface area contributed by atoms with Crippen molar-refractivity contribution in [3.8, 4) is 0 Å². The predicted octanol–water partition coefficient (Wildman–Crippen LogP) is 2.22. The first-order chi connectivity index (χ1) is 13.4. The molecule has 0 bridgehead atoms. The highest BCUT2D eigenvalue weighted by Gasteiger charge is 2.75. The molecule has 2 aliphatic rings. The molecule has 9 heteroatoms. The van der Waals surface area contributed by atoms with Crippen LogP contribution < -0.4 is 5.32 Å². The van der Waals surface area contributed by atoms with Gasteiger partial charge in [-0.05, 0) is 31.5 Å². The molecule has 2 saturated heterocycles. The number of hydrogen-bond acceptors (Lipinski definition) is 5. The first-order valence-electron chi connectivity index (χ1n) is 9.25. The number of aliphatic carboxylic acids is 1. The molecule has 1 aromatic rings. The minimum Gasteiger partial charge on any atom is -0.480 e. The molecule has 0 aliphatic carbocycles. The molecule has 7 nitrogen and oxygen atoms in total. The van der Waals surface area contributed by atoms with E-state index in [4.69, 9.17) is 0 Å². The Morgan fingerprint density at radius 3 is 2.34 bits per heavy atom. The number of carboxylic acids is 1. The number of carbonyl (C=O) groups is 4. The molecule has 2 amide bonds. The Morgan fingerprint density at radius 2 is 1.83 bits per heavy atom. The number of rotatable bonds is 6. The molecule has 3 rings (SSSR count). The van der Waals surface area contributed by atoms with Crippen LogP contribution in [0.2, 0.25) is 0 Å². The number of Topliss-reactive ketones (excluding diaryl/α,β-unsaturated/α-hetero) is 1. The largest absolute Gasteiger partial charge is 0.480 e. The van der Waals surface area contributed by atoms with Crippen LogP contribution >= 0.6 is 27.7 Å². The number of fused-ring (bicyclic) bond motifs is 1. The molecule has 0 unspecified atom stereocenters. The summed E-state index contributed by atoms with van der Waals surface area (Å²) >= 11 is 4.58. The van der Waals surface area contributed by atoms with Gasteiger partial charge in [-0.15, -0.1) is 11.8 Å². The van der Waals surface area contributed by atoms with E-state index in [0.29, 0.717) is 0 Å². The van der Waals surface area contributed by atoms with Gasteiger partial charge in [-0.3, -0.25) is 14.4 Å². The lowest BCUT2D eigenvalue weighted by molar-refractivity contribution is -0.173. The Labute approximate surface area is 181 Å². The van der Waals surface area contributed by atoms with Crippen LogP contribution in [-0.2, 0) is 25.6 Å². The summed E-state index contributed by atoms with van der Waals surface area (Å²) in [6, 6.07) is 6.12. The van der Waals surface area contributed by atoms with Crippen molar-refractivity contribution in [2.75, 3.05) is 0 Å². The van der Waals surface area contributed by atoms with E-state index in [-0.39, 0.29) is 6.42 Å². The Balaban J connectivity index is 1.91. The smallest absolute Gasteiger partial charge is 0.327 e. The second kappa shape index (κ2) is 7.43. The molecule has 0 spiro atoms. The molecule has 156 valence electrons. The number of ketones is 1. The Bertz CT molecular complexity index is 885. The molecule has 2 N–H and O–H groups in total. The van der Waals surface area contributed by atoms with Crippen LogP contribution in [0.25, 0.3) is 0 Å². The standard InChI is InChI=1S/C20H23BrN2O5S/c1-10(2)15(25)20(22-13(24)9-11-5-7-12(21)8-6-11)17(28)23-14(16(26)27)19(3,4)29-18(20)23/h5-8,10,14,18H,9H2,1-4H3,(H,22,24)(H,26,27)/t14-,18+,20-/m0/s1. The van der Waals surface area contributed by atoms with Gasteiger partial charge in [0.2, 0.25) is 11.4 Å². The highest BCUT2D eigenvalue weighted by Crippen LogP contribution is 2.55. The van der Waals surface area contributed by atoms with E-state index in [1.165, 1.54) is 16.7 Å². The van der Waals surface area contributed by atoms with Crippen molar-refractivity contribution in [2.45, 2.75) is 55.8 Å². The van der Waals surface area contributed by atoms with Gasteiger partial charge in [0, 0.05) is 15.1 Å². The number of thioether (sulfide) groups is 1. The molecule has 0 saturated carbocycles. The van der Waals surface area contributed by atoms with Crippen LogP contribution in [-0.4, -0.2) is 55.3 Å². The minimum atomic E-state index is -1.73. The van der Waals surface area contributed by atoms with Gasteiger partial charge < -0.3 is 15.3 Å². The zero-order chi connectivity index (χ0) is 21.7. The second-order valence-corrected chi connectivity index (χ2v) is 10.9. The summed E-state index contributed by atoms with van der Waals surface area (Å²) in [7, 11) is 0. The van der Waals surface area contributed by atoms with Gasteiger partial charge in [-0.25, -0.2) is 4.79 Å². The van der Waals surface area contributed by atoms with Gasteiger partial charge in [0.1, 0.15) is 11.4 Å². The third-order valence-electron chi connectivity index (χ3n) is 5.31. The van der Waals surface area contributed by atoms with E-state index in [0.717, 1.165) is 10.0 Å². The molecule has 0 radical (unpaired) electrons. The summed E-state index contributed by atoms with van der Waals surface area (Å²) in [6.07, 6.45) is 0.0107. The number of nitrogens with one attached hydrogen (secondary N) is 1. The Morgan fingerprint density at radius 1 is 1.24 bits per heavy atom. The maximum atomic E-state index is 13.2. The summed E-state index contributed by atoms with van der Waals surface area (Å²) in [5.74, 6) is -3.11. The number of β-lactam (4-membered cyclic amide) rings is 1. The van der Waals surface area contributed by atoms with Crippen molar-refractivity contribution in [1.29, 1.82) is 0 Å². The number of amides is 2. The molecule has 2 heterocycles. The van der Waals surface area contributed by atoms with Crippen molar-refractivity contribution in [3.05, 3.63) is 34.3 Å². The number of hydrogen-bond donors (Lipinski definition) is 2. The number of carbonyl (C=O) groups excluding carboxylic acids is 3. The summed E-state index contributed by atoms with van der Waals surface area (Å²) in [4.78, 5) is 52.0. The van der Waals surface area contributed by atoms with Crippen LogP contribution in [0, 0.1) is 5.92 Å². The van der Waals surface area contributed by atoms with E-state index in [1.54, 1.807) is 52.0 Å². The zero-order valence-electron chi connectivity index (χ0n) is 16.6. The second-order valence-electron chi connectivity index (χ2n) is 8.21. The average molecular weight is 483 g/mol. The third kappa shape index (κ3) is 3.48. The summed E-state index contributed by atoms with van der Waals surface area (Å²) in [5.41, 5.74) is -0.989. The van der Waals surface area contributed by atoms with Crippen molar-refractivity contribution in [1.82, 2.24) is 10.2 Å². The lowest BCUT2D eigenvalue weighted by atomic mass is 9.77. The number of halogens is 1. The molecule has 2 fully saturated rings. The Hall–Kier alpha value is -1.87. The first kappa shape index (κ1) is 21.8. The van der Waals surface area contributed by atoms with Crippen molar-refractivity contribution in [3.63, 3.8) is 0 Å². The van der Waals surface area contributed by atoms with E-state index in [2.05, 4.69) is 21.2 Å². The van der Waals surface area contributed by atoms with Gasteiger partial charge in [0.15, 0.2) is 5.78 Å². The summed E-state index contributed by atoms with van der Waals surface area (Å²) in [6.45, 7) is 6.80. The lowest BCUT2D eigenvalue weighted by Crippen LogP contribution is -2.83. The number of benzene rings is 1. The van der Waals surface area contributed by atoms with Crippen LogP contribution in [0.1, 0.15) is 33.3 Å². The highest BCUT2D eigenvalue weighted by atomic mass is 79.9. The van der Waals surface area contributed by atoms with Gasteiger partial charge in [-0.2, -0.15) is 0 Å². The van der Waals surface area contributed by atoms with Gasteiger partial charge in [-0.1, -0.05) is 41.9 Å². The maximum Gasteiger partial charge on any atom is 0.327 e. The lowest BCUT2D eigenvalue weighted by Gasteiger charge is -2.52. The van der Waals surface area contributed by atoms with Crippen LogP contribution in [0.3, 0.4) is 0 Å². The van der Waals surface area contributed by atoms with Crippen LogP contribution in [0.4, 0.5) is 0 Å². The predicted molar refractivity (Wildman–Crippen MR) is 112 cm³/mol. The van der Waals surface area contributed by atoms with E-state index in [1.807, 2.05) is 0 Å². The normalized spacial score (nSPS) is 27.4. The van der Waals surface area contributed by atoms with Crippen molar-refractivity contribution < 1.29 is 24.3 Å². The van der Waals surface area contributed by atoms with E-state index in [9.17, 15) is 24.3 Å². The van der Waals surface area contributed by atoms with Gasteiger partial charge in [0.25, 0.3) is 5.91 Å². The number of nitrogens with zero attached hydrogens (tertiary/aromatic N) is 1. The maximum absolute atomic E-state index is 13.2. The molecular formula is C20H23BrN2O5S. The number of carboxylic acid groups (broad SMARTS) is 1. The molecule has 2 aliphatic heterocycles. The quantitative estimate of drug-likeness (QED) is 0.475. The molecule has 1 aromatic carbocycles. The van der Waals surface area contributed by atoms with E-state index < -0.39 is 51.2 Å². The fraction of sp³-hybridized carbons (Fsp3) is 0.500. The third-order valence-corrected chi connectivity index (χ3v) is 7.47. The fourth-order valence-electron chi connectivity index (χ4n) is 3.97. The Kier molecular flexibility index (Phi) is 5.59. The fourth-order valence-corrected chi connectivity index (χ4v) is 5.94. The molecular weight excluding hydrogens is 460 g/mol. The van der Waals surface area contributed by atoms with Crippen LogP contribution in [0.15, 0.2) is 28.7 Å². The molecule has 0 aromatic heterocycles. The first-order valence-corrected chi connectivity index (χ1v) is 10.9. The summed E-state index contributed by atoms with van der Waals surface area (Å²) < 4.78 is 0.0870. The van der Waals surface area contributed by atoms with Crippen molar-refractivity contribution in [2.24, 2.45) is 5.92 Å². The van der Waals surface area contributed by atoms with Crippen LogP contribution in [0.5, 0.6) is 0 Å². The van der Waals surface area contributed by atoms with Gasteiger partial charge in [0.05, 0.1) is 6.42 Å². The monoisotopic (exact) mass is 482 g/mol. The SMILES string of the molecule is CC(C)C(=O)[C@]1(NC(=O)Cc2ccc(Br)cc2)C(=O)N2[C@@H](C(=O)O)C(C)(C)S[C@@H]21. The highest BCUT2D eigenvalue weighted by molar-refractivity contribution is 9.10. The summed E-state index contributed by atoms with van der Waals surface area (Å²) in [5, 5.41) is 11.6. The minimum absolute atomic E-state index is 0.0107. The zero-order valence-corrected chi connectivity index (χ0v) is 19.0.